The zero-order valence-electron chi connectivity index (χ0n) is 9.73. The second-order valence-corrected chi connectivity index (χ2v) is 5.92. The molecule has 1 unspecified atom stereocenters. The molecular formula is C11H17NO3S. The van der Waals surface area contributed by atoms with Crippen LogP contribution in [0, 0.1) is 6.92 Å². The lowest BCUT2D eigenvalue weighted by molar-refractivity contribution is 0.402. The van der Waals surface area contributed by atoms with E-state index in [1.165, 1.54) is 7.11 Å². The molecule has 0 saturated carbocycles. The Labute approximate surface area is 96.3 Å². The van der Waals surface area contributed by atoms with E-state index >= 15 is 0 Å². The first kappa shape index (κ1) is 13.0. The Morgan fingerprint density at radius 3 is 2.56 bits per heavy atom. The number of methoxy groups -OCH3 is 1. The maximum atomic E-state index is 12.0. The third-order valence-corrected chi connectivity index (χ3v) is 4.09. The average molecular weight is 243 g/mol. The van der Waals surface area contributed by atoms with Gasteiger partial charge in [0.25, 0.3) is 0 Å². The van der Waals surface area contributed by atoms with Gasteiger partial charge in [-0.15, -0.1) is 0 Å². The Morgan fingerprint density at radius 1 is 1.44 bits per heavy atom. The van der Waals surface area contributed by atoms with E-state index in [9.17, 15) is 8.42 Å². The molecular weight excluding hydrogens is 226 g/mol. The third-order valence-electron chi connectivity index (χ3n) is 2.14. The molecule has 1 atom stereocenters. The molecule has 0 heterocycles. The third kappa shape index (κ3) is 2.96. The lowest BCUT2D eigenvalue weighted by Gasteiger charge is -2.11. The molecule has 0 fully saturated rings. The largest absolute Gasteiger partial charge is 0.495 e. The van der Waals surface area contributed by atoms with E-state index in [1.807, 2.05) is 13.0 Å². The normalized spacial score (nSPS) is 13.5. The maximum Gasteiger partial charge on any atom is 0.183 e. The van der Waals surface area contributed by atoms with Crippen LogP contribution in [-0.2, 0) is 9.84 Å². The first-order valence-electron chi connectivity index (χ1n) is 5.00. The SMILES string of the molecule is COc1ccc(C)cc1S(=O)(=O)CC(C)N. The lowest BCUT2D eigenvalue weighted by Crippen LogP contribution is -2.26. The molecule has 0 bridgehead atoms. The van der Waals surface area contributed by atoms with Crippen LogP contribution in [0.1, 0.15) is 12.5 Å². The molecule has 0 spiro atoms. The Kier molecular flexibility index (Phi) is 3.93. The number of benzene rings is 1. The van der Waals surface area contributed by atoms with E-state index in [0.717, 1.165) is 5.56 Å². The van der Waals surface area contributed by atoms with Crippen LogP contribution in [0.4, 0.5) is 0 Å². The van der Waals surface area contributed by atoms with Gasteiger partial charge in [0.05, 0.1) is 12.9 Å². The van der Waals surface area contributed by atoms with Crippen LogP contribution >= 0.6 is 0 Å². The molecule has 1 aromatic carbocycles. The van der Waals surface area contributed by atoms with Crippen molar-refractivity contribution in [3.8, 4) is 5.75 Å². The van der Waals surface area contributed by atoms with Crippen molar-refractivity contribution in [2.24, 2.45) is 5.73 Å². The van der Waals surface area contributed by atoms with Crippen LogP contribution in [-0.4, -0.2) is 27.3 Å². The van der Waals surface area contributed by atoms with Crippen molar-refractivity contribution in [3.63, 3.8) is 0 Å². The number of hydrogen-bond acceptors (Lipinski definition) is 4. The molecule has 0 amide bonds. The van der Waals surface area contributed by atoms with Gasteiger partial charge in [-0.25, -0.2) is 8.42 Å². The first-order valence-corrected chi connectivity index (χ1v) is 6.65. The number of sulfone groups is 1. The molecule has 0 aliphatic heterocycles. The molecule has 0 aromatic heterocycles. The minimum absolute atomic E-state index is 0.0766. The van der Waals surface area contributed by atoms with E-state index in [1.54, 1.807) is 19.1 Å². The lowest BCUT2D eigenvalue weighted by atomic mass is 10.2. The van der Waals surface area contributed by atoms with Crippen LogP contribution in [0.2, 0.25) is 0 Å². The molecule has 0 aliphatic carbocycles. The van der Waals surface area contributed by atoms with Crippen molar-refractivity contribution in [1.82, 2.24) is 0 Å². The number of aryl methyl sites for hydroxylation is 1. The van der Waals surface area contributed by atoms with Crippen LogP contribution in [0.25, 0.3) is 0 Å². The van der Waals surface area contributed by atoms with Gasteiger partial charge in [-0.05, 0) is 31.5 Å². The highest BCUT2D eigenvalue weighted by Crippen LogP contribution is 2.25. The van der Waals surface area contributed by atoms with Crippen LogP contribution in [0.15, 0.2) is 23.1 Å². The topological polar surface area (TPSA) is 69.4 Å². The monoisotopic (exact) mass is 243 g/mol. The highest BCUT2D eigenvalue weighted by Gasteiger charge is 2.21. The van der Waals surface area contributed by atoms with Gasteiger partial charge in [-0.3, -0.25) is 0 Å². The fourth-order valence-electron chi connectivity index (χ4n) is 1.46. The van der Waals surface area contributed by atoms with E-state index in [2.05, 4.69) is 0 Å². The van der Waals surface area contributed by atoms with Crippen molar-refractivity contribution in [2.75, 3.05) is 12.9 Å². The summed E-state index contributed by atoms with van der Waals surface area (Å²) in [6.45, 7) is 3.50. The summed E-state index contributed by atoms with van der Waals surface area (Å²) >= 11 is 0. The van der Waals surface area contributed by atoms with Crippen molar-refractivity contribution in [2.45, 2.75) is 24.8 Å². The van der Waals surface area contributed by atoms with E-state index in [4.69, 9.17) is 10.5 Å². The Hall–Kier alpha value is -1.07. The predicted octanol–water partition coefficient (Wildman–Crippen LogP) is 1.12. The number of rotatable bonds is 4. The second-order valence-electron chi connectivity index (χ2n) is 3.91. The van der Waals surface area contributed by atoms with Crippen LogP contribution < -0.4 is 10.5 Å². The zero-order valence-corrected chi connectivity index (χ0v) is 10.5. The molecule has 1 aromatic rings. The number of ether oxygens (including phenoxy) is 1. The Morgan fingerprint density at radius 2 is 2.06 bits per heavy atom. The summed E-state index contributed by atoms with van der Waals surface area (Å²) in [6.07, 6.45) is 0. The molecule has 0 saturated heterocycles. The molecule has 16 heavy (non-hydrogen) atoms. The van der Waals surface area contributed by atoms with E-state index in [-0.39, 0.29) is 10.6 Å². The van der Waals surface area contributed by atoms with Crippen molar-refractivity contribution in [3.05, 3.63) is 23.8 Å². The minimum atomic E-state index is -3.37. The summed E-state index contributed by atoms with van der Waals surface area (Å²) < 4.78 is 29.1. The molecule has 90 valence electrons. The van der Waals surface area contributed by atoms with Gasteiger partial charge in [-0.2, -0.15) is 0 Å². The van der Waals surface area contributed by atoms with Crippen LogP contribution in [0.5, 0.6) is 5.75 Å². The first-order chi connectivity index (χ1) is 7.36. The highest BCUT2D eigenvalue weighted by molar-refractivity contribution is 7.91. The maximum absolute atomic E-state index is 12.0. The standard InChI is InChI=1S/C11H17NO3S/c1-8-4-5-10(15-3)11(6-8)16(13,14)7-9(2)12/h4-6,9H,7,12H2,1-3H3. The summed E-state index contributed by atoms with van der Waals surface area (Å²) in [7, 11) is -1.92. The second kappa shape index (κ2) is 4.84. The molecule has 0 radical (unpaired) electrons. The predicted molar refractivity (Wildman–Crippen MR) is 63.4 cm³/mol. The molecule has 4 nitrogen and oxygen atoms in total. The van der Waals surface area contributed by atoms with Crippen molar-refractivity contribution >= 4 is 9.84 Å². The molecule has 2 N–H and O–H groups in total. The molecule has 1 rings (SSSR count). The fraction of sp³-hybridized carbons (Fsp3) is 0.455. The summed E-state index contributed by atoms with van der Waals surface area (Å²) in [5.41, 5.74) is 6.40. The van der Waals surface area contributed by atoms with Crippen LogP contribution in [0.3, 0.4) is 0 Å². The Bertz CT molecular complexity index is 466. The van der Waals surface area contributed by atoms with Gasteiger partial charge >= 0.3 is 0 Å². The molecule has 5 heteroatoms. The fourth-order valence-corrected chi connectivity index (χ4v) is 3.16. The average Bonchev–Trinajstić information content (AvgIpc) is 2.15. The van der Waals surface area contributed by atoms with Crippen molar-refractivity contribution < 1.29 is 13.2 Å². The summed E-state index contributed by atoms with van der Waals surface area (Å²) in [4.78, 5) is 0.215. The highest BCUT2D eigenvalue weighted by atomic mass is 32.2. The smallest absolute Gasteiger partial charge is 0.183 e. The number of hydrogen-bond donors (Lipinski definition) is 1. The zero-order chi connectivity index (χ0) is 12.3. The van der Waals surface area contributed by atoms with E-state index < -0.39 is 15.9 Å². The van der Waals surface area contributed by atoms with Gasteiger partial charge in [0.15, 0.2) is 9.84 Å². The van der Waals surface area contributed by atoms with Gasteiger partial charge in [-0.1, -0.05) is 6.07 Å². The minimum Gasteiger partial charge on any atom is -0.495 e. The summed E-state index contributed by atoms with van der Waals surface area (Å²) in [5.74, 6) is 0.290. The summed E-state index contributed by atoms with van der Waals surface area (Å²) in [6, 6.07) is 4.68. The van der Waals surface area contributed by atoms with Gasteiger partial charge in [0, 0.05) is 6.04 Å². The van der Waals surface area contributed by atoms with Gasteiger partial charge in [0.2, 0.25) is 0 Å². The summed E-state index contributed by atoms with van der Waals surface area (Å²) in [5, 5.41) is 0. The Balaban J connectivity index is 3.25. The van der Waals surface area contributed by atoms with Gasteiger partial charge < -0.3 is 10.5 Å². The molecule has 0 aliphatic rings. The van der Waals surface area contributed by atoms with E-state index in [0.29, 0.717) is 5.75 Å². The quantitative estimate of drug-likeness (QED) is 0.860. The van der Waals surface area contributed by atoms with Crippen molar-refractivity contribution in [1.29, 1.82) is 0 Å². The number of nitrogens with two attached hydrogens (primary N) is 1. The van der Waals surface area contributed by atoms with Gasteiger partial charge in [0.1, 0.15) is 10.6 Å².